The van der Waals surface area contributed by atoms with E-state index < -0.39 is 27.7 Å². The van der Waals surface area contributed by atoms with Gasteiger partial charge in [-0.15, -0.1) is 0 Å². The molecule has 12 heteroatoms. The van der Waals surface area contributed by atoms with Crippen molar-refractivity contribution in [1.29, 1.82) is 0 Å². The molecule has 2 heterocycles. The van der Waals surface area contributed by atoms with E-state index in [1.165, 1.54) is 41.2 Å². The predicted octanol–water partition coefficient (Wildman–Crippen LogP) is 4.25. The highest BCUT2D eigenvalue weighted by Gasteiger charge is 2.31. The largest absolute Gasteiger partial charge is 0.467 e. The number of nitrogens with zero attached hydrogens (tertiary/aromatic N) is 2. The Kier molecular flexibility index (Phi) is 6.19. The fraction of sp³-hybridized carbons (Fsp3) is 0.182. The molecular formula is C22H19F3N4O4S. The predicted molar refractivity (Wildman–Crippen MR) is 118 cm³/mol. The van der Waals surface area contributed by atoms with Crippen molar-refractivity contribution in [2.45, 2.75) is 24.5 Å². The zero-order valence-corrected chi connectivity index (χ0v) is 18.6. The quantitative estimate of drug-likeness (QED) is 0.401. The molecule has 0 spiro atoms. The van der Waals surface area contributed by atoms with Crippen LogP contribution >= 0.6 is 0 Å². The molecule has 2 N–H and O–H groups in total. The number of nitrogens with one attached hydrogen (secondary N) is 2. The van der Waals surface area contributed by atoms with Crippen molar-refractivity contribution in [2.75, 3.05) is 11.9 Å². The Balaban J connectivity index is 1.68. The summed E-state index contributed by atoms with van der Waals surface area (Å²) in [4.78, 5) is 17.0. The number of furan rings is 1. The van der Waals surface area contributed by atoms with Crippen LogP contribution in [0.15, 0.2) is 70.2 Å². The van der Waals surface area contributed by atoms with Crippen LogP contribution < -0.4 is 10.0 Å². The molecule has 4 aromatic rings. The van der Waals surface area contributed by atoms with Gasteiger partial charge in [-0.3, -0.25) is 10.1 Å². The lowest BCUT2D eigenvalue weighted by molar-refractivity contribution is -0.137. The van der Waals surface area contributed by atoms with Gasteiger partial charge >= 0.3 is 6.18 Å². The molecule has 1 amide bonds. The molecule has 0 atom stereocenters. The third-order valence-electron chi connectivity index (χ3n) is 4.96. The molecule has 0 aliphatic rings. The molecule has 0 saturated heterocycles. The standard InChI is InChI=1S/C22H19F3N4O4S/c1-2-26-34(31,32)17-8-5-14(6-9-17)20(30)28-21-27-18-12-15(22(23,24)25)7-10-19(18)29(21)13-16-4-3-11-33-16/h3-12,26H,2,13H2,1H3,(H,27,28,30). The number of alkyl halides is 3. The van der Waals surface area contributed by atoms with E-state index in [4.69, 9.17) is 4.42 Å². The van der Waals surface area contributed by atoms with Crippen LogP contribution in [0.4, 0.5) is 19.1 Å². The minimum absolute atomic E-state index is 0.00404. The smallest absolute Gasteiger partial charge is 0.416 e. The lowest BCUT2D eigenvalue weighted by Crippen LogP contribution is -2.23. The molecule has 0 saturated carbocycles. The highest BCUT2D eigenvalue weighted by Crippen LogP contribution is 2.32. The minimum Gasteiger partial charge on any atom is -0.467 e. The Morgan fingerprint density at radius 3 is 2.47 bits per heavy atom. The number of fused-ring (bicyclic) bond motifs is 1. The van der Waals surface area contributed by atoms with Crippen LogP contribution in [0.3, 0.4) is 0 Å². The number of rotatable bonds is 7. The monoisotopic (exact) mass is 492 g/mol. The first-order valence-corrected chi connectivity index (χ1v) is 11.6. The van der Waals surface area contributed by atoms with Gasteiger partial charge in [-0.25, -0.2) is 18.1 Å². The Labute approximate surface area is 192 Å². The lowest BCUT2D eigenvalue weighted by atomic mass is 10.2. The van der Waals surface area contributed by atoms with Crippen molar-refractivity contribution in [3.05, 3.63) is 77.7 Å². The van der Waals surface area contributed by atoms with Crippen molar-refractivity contribution < 1.29 is 30.8 Å². The van der Waals surface area contributed by atoms with Crippen molar-refractivity contribution >= 4 is 32.9 Å². The maximum atomic E-state index is 13.2. The van der Waals surface area contributed by atoms with Crippen LogP contribution in [0.5, 0.6) is 0 Å². The summed E-state index contributed by atoms with van der Waals surface area (Å²) in [5.74, 6) is -0.0906. The van der Waals surface area contributed by atoms with Crippen LogP contribution in [0.1, 0.15) is 28.6 Å². The zero-order chi connectivity index (χ0) is 24.5. The first-order valence-electron chi connectivity index (χ1n) is 10.1. The maximum Gasteiger partial charge on any atom is 0.416 e. The van der Waals surface area contributed by atoms with E-state index in [-0.39, 0.29) is 35.0 Å². The van der Waals surface area contributed by atoms with E-state index in [1.807, 2.05) is 0 Å². The summed E-state index contributed by atoms with van der Waals surface area (Å²) >= 11 is 0. The van der Waals surface area contributed by atoms with Gasteiger partial charge in [0.15, 0.2) is 0 Å². The van der Waals surface area contributed by atoms with Gasteiger partial charge in [0.05, 0.1) is 34.3 Å². The van der Waals surface area contributed by atoms with Crippen LogP contribution in [-0.2, 0) is 22.7 Å². The minimum atomic E-state index is -4.54. The Morgan fingerprint density at radius 1 is 1.12 bits per heavy atom. The number of halogens is 3. The van der Waals surface area contributed by atoms with Gasteiger partial charge in [0, 0.05) is 12.1 Å². The summed E-state index contributed by atoms with van der Waals surface area (Å²) in [6, 6.07) is 11.7. The molecule has 2 aromatic heterocycles. The fourth-order valence-electron chi connectivity index (χ4n) is 3.35. The maximum absolute atomic E-state index is 13.2. The van der Waals surface area contributed by atoms with Crippen molar-refractivity contribution in [1.82, 2.24) is 14.3 Å². The molecule has 0 unspecified atom stereocenters. The van der Waals surface area contributed by atoms with E-state index in [2.05, 4.69) is 15.0 Å². The highest BCUT2D eigenvalue weighted by molar-refractivity contribution is 7.89. The van der Waals surface area contributed by atoms with Crippen LogP contribution in [0.2, 0.25) is 0 Å². The van der Waals surface area contributed by atoms with Crippen molar-refractivity contribution in [3.8, 4) is 0 Å². The van der Waals surface area contributed by atoms with Gasteiger partial charge in [0.25, 0.3) is 5.91 Å². The van der Waals surface area contributed by atoms with Gasteiger partial charge < -0.3 is 8.98 Å². The number of imidazole rings is 1. The summed E-state index contributed by atoms with van der Waals surface area (Å²) in [6.45, 7) is 1.97. The molecule has 0 radical (unpaired) electrons. The van der Waals surface area contributed by atoms with Gasteiger partial charge in [-0.05, 0) is 54.6 Å². The van der Waals surface area contributed by atoms with E-state index in [9.17, 15) is 26.4 Å². The molecular weight excluding hydrogens is 473 g/mol. The number of aromatic nitrogens is 2. The average Bonchev–Trinajstić information content (AvgIpc) is 3.41. The lowest BCUT2D eigenvalue weighted by Gasteiger charge is -2.10. The molecule has 34 heavy (non-hydrogen) atoms. The van der Waals surface area contributed by atoms with Gasteiger partial charge in [-0.1, -0.05) is 6.92 Å². The number of amides is 1. The second kappa shape index (κ2) is 8.95. The third-order valence-corrected chi connectivity index (χ3v) is 6.52. The van der Waals surface area contributed by atoms with Crippen LogP contribution in [0, 0.1) is 0 Å². The zero-order valence-electron chi connectivity index (χ0n) is 17.8. The van der Waals surface area contributed by atoms with Crippen molar-refractivity contribution in [3.63, 3.8) is 0 Å². The Morgan fingerprint density at radius 2 is 1.85 bits per heavy atom. The number of carbonyl (C=O) groups is 1. The SMILES string of the molecule is CCNS(=O)(=O)c1ccc(C(=O)Nc2nc3cc(C(F)(F)F)ccc3n2Cc2ccco2)cc1. The molecule has 0 aliphatic heterocycles. The number of carbonyl (C=O) groups excluding carboxylic acids is 1. The first-order chi connectivity index (χ1) is 16.1. The Bertz CT molecular complexity index is 1430. The molecule has 4 rings (SSSR count). The summed E-state index contributed by atoms with van der Waals surface area (Å²) in [5, 5.41) is 2.60. The van der Waals surface area contributed by atoms with Crippen LogP contribution in [0.25, 0.3) is 11.0 Å². The molecule has 2 aromatic carbocycles. The number of benzene rings is 2. The second-order valence-electron chi connectivity index (χ2n) is 7.28. The second-order valence-corrected chi connectivity index (χ2v) is 9.05. The number of hydrogen-bond acceptors (Lipinski definition) is 5. The van der Waals surface area contributed by atoms with Gasteiger partial charge in [-0.2, -0.15) is 13.2 Å². The summed E-state index contributed by atoms with van der Waals surface area (Å²) < 4.78 is 72.9. The Hall–Kier alpha value is -3.64. The number of anilines is 1. The van der Waals surface area contributed by atoms with Gasteiger partial charge in [0.2, 0.25) is 16.0 Å². The fourth-order valence-corrected chi connectivity index (χ4v) is 4.39. The topological polar surface area (TPSA) is 106 Å². The van der Waals surface area contributed by atoms with E-state index in [0.29, 0.717) is 11.3 Å². The number of sulfonamides is 1. The van der Waals surface area contributed by atoms with Crippen molar-refractivity contribution in [2.24, 2.45) is 0 Å². The molecule has 178 valence electrons. The molecule has 0 aliphatic carbocycles. The van der Waals surface area contributed by atoms with E-state index in [1.54, 1.807) is 19.1 Å². The summed E-state index contributed by atoms with van der Waals surface area (Å²) in [7, 11) is -3.68. The molecule has 0 bridgehead atoms. The summed E-state index contributed by atoms with van der Waals surface area (Å²) in [5.41, 5.74) is -0.309. The van der Waals surface area contributed by atoms with E-state index >= 15 is 0 Å². The normalized spacial score (nSPS) is 12.2. The van der Waals surface area contributed by atoms with Gasteiger partial charge in [0.1, 0.15) is 5.76 Å². The third kappa shape index (κ3) is 4.82. The highest BCUT2D eigenvalue weighted by atomic mass is 32.2. The molecule has 8 nitrogen and oxygen atoms in total. The summed E-state index contributed by atoms with van der Waals surface area (Å²) in [6.07, 6.45) is -3.09. The first kappa shape index (κ1) is 23.5. The number of hydrogen-bond donors (Lipinski definition) is 2. The molecule has 0 fully saturated rings. The van der Waals surface area contributed by atoms with E-state index in [0.717, 1.165) is 12.1 Å². The van der Waals surface area contributed by atoms with Crippen LogP contribution in [-0.4, -0.2) is 30.4 Å². The average molecular weight is 492 g/mol.